The van der Waals surface area contributed by atoms with Crippen molar-refractivity contribution in [3.8, 4) is 0 Å². The smallest absolute Gasteiger partial charge is 0.326 e. The van der Waals surface area contributed by atoms with Crippen LogP contribution < -0.4 is 5.73 Å². The molecule has 4 heteroatoms. The zero-order chi connectivity index (χ0) is 14.6. The lowest BCUT2D eigenvalue weighted by Gasteiger charge is -2.34. The highest BCUT2D eigenvalue weighted by atomic mass is 16.5. The van der Waals surface area contributed by atoms with Crippen LogP contribution in [0.2, 0.25) is 0 Å². The summed E-state index contributed by atoms with van der Waals surface area (Å²) >= 11 is 0. The van der Waals surface area contributed by atoms with Crippen LogP contribution in [-0.2, 0) is 9.53 Å². The number of esters is 1. The summed E-state index contributed by atoms with van der Waals surface area (Å²) in [6, 6.07) is 0. The van der Waals surface area contributed by atoms with Gasteiger partial charge in [-0.15, -0.1) is 0 Å². The van der Waals surface area contributed by atoms with Crippen molar-refractivity contribution in [3.63, 3.8) is 0 Å². The van der Waals surface area contributed by atoms with Gasteiger partial charge in [-0.25, -0.2) is 0 Å². The molecule has 0 aliphatic heterocycles. The average Bonchev–Trinajstić information content (AvgIpc) is 2.78. The van der Waals surface area contributed by atoms with Gasteiger partial charge in [-0.1, -0.05) is 19.8 Å². The molecule has 20 heavy (non-hydrogen) atoms. The summed E-state index contributed by atoms with van der Waals surface area (Å²) in [4.78, 5) is 14.5. The van der Waals surface area contributed by atoms with Crippen LogP contribution in [0.3, 0.4) is 0 Å². The Morgan fingerprint density at radius 2 is 2.10 bits per heavy atom. The van der Waals surface area contributed by atoms with Gasteiger partial charge in [0.25, 0.3) is 0 Å². The van der Waals surface area contributed by atoms with Crippen molar-refractivity contribution >= 4 is 5.97 Å². The largest absolute Gasteiger partial charge is 0.468 e. The van der Waals surface area contributed by atoms with E-state index in [0.29, 0.717) is 0 Å². The van der Waals surface area contributed by atoms with Crippen LogP contribution in [0.5, 0.6) is 0 Å². The molecule has 2 unspecified atom stereocenters. The van der Waals surface area contributed by atoms with E-state index in [1.54, 1.807) is 0 Å². The Balaban J connectivity index is 1.83. The van der Waals surface area contributed by atoms with Crippen molar-refractivity contribution < 1.29 is 9.53 Å². The molecule has 0 heterocycles. The zero-order valence-electron chi connectivity index (χ0n) is 13.1. The van der Waals surface area contributed by atoms with E-state index in [1.165, 1.54) is 32.9 Å². The fraction of sp³-hybridized carbons (Fsp3) is 0.938. The lowest BCUT2D eigenvalue weighted by Crippen LogP contribution is -2.52. The molecule has 2 rings (SSSR count). The Morgan fingerprint density at radius 3 is 2.65 bits per heavy atom. The third-order valence-corrected chi connectivity index (χ3v) is 5.42. The highest BCUT2D eigenvalue weighted by molar-refractivity contribution is 5.81. The summed E-state index contributed by atoms with van der Waals surface area (Å²) in [5.74, 6) is 0.967. The molecule has 0 aromatic rings. The number of hydrogen-bond acceptors (Lipinski definition) is 4. The van der Waals surface area contributed by atoms with Gasteiger partial charge in [0.1, 0.15) is 5.54 Å². The molecular weight excluding hydrogens is 252 g/mol. The predicted octanol–water partition coefficient (Wildman–Crippen LogP) is 2.17. The molecule has 2 saturated carbocycles. The van der Waals surface area contributed by atoms with E-state index in [2.05, 4.69) is 11.8 Å². The molecular formula is C16H30N2O2. The van der Waals surface area contributed by atoms with Gasteiger partial charge in [0.05, 0.1) is 7.11 Å². The first-order valence-electron chi connectivity index (χ1n) is 8.19. The van der Waals surface area contributed by atoms with Crippen LogP contribution in [0.1, 0.15) is 51.9 Å². The molecule has 2 N–H and O–H groups in total. The molecule has 2 atom stereocenters. The third-order valence-electron chi connectivity index (χ3n) is 5.42. The van der Waals surface area contributed by atoms with Crippen molar-refractivity contribution in [2.75, 3.05) is 26.7 Å². The number of ether oxygens (including phenoxy) is 1. The number of rotatable bonds is 7. The monoisotopic (exact) mass is 282 g/mol. The highest BCUT2D eigenvalue weighted by Crippen LogP contribution is 2.37. The minimum atomic E-state index is -0.732. The number of hydrogen-bond donors (Lipinski definition) is 1. The van der Waals surface area contributed by atoms with Crippen LogP contribution in [0, 0.1) is 11.8 Å². The predicted molar refractivity (Wildman–Crippen MR) is 80.3 cm³/mol. The highest BCUT2D eigenvalue weighted by Gasteiger charge is 2.46. The Hall–Kier alpha value is -0.610. The number of carbonyl (C=O) groups excluding carboxylic acids is 1. The second kappa shape index (κ2) is 6.90. The van der Waals surface area contributed by atoms with Crippen molar-refractivity contribution in [1.29, 1.82) is 0 Å². The summed E-state index contributed by atoms with van der Waals surface area (Å²) in [5.41, 5.74) is 5.60. The molecule has 0 bridgehead atoms. The maximum absolute atomic E-state index is 11.9. The van der Waals surface area contributed by atoms with Gasteiger partial charge >= 0.3 is 5.97 Å². The SMILES string of the molecule is CCN(CCC1CCCC1(N)C(=O)OC)CC1CCC1. The van der Waals surface area contributed by atoms with Gasteiger partial charge in [0.2, 0.25) is 0 Å². The molecule has 2 aliphatic carbocycles. The van der Waals surface area contributed by atoms with Gasteiger partial charge in [0, 0.05) is 6.54 Å². The molecule has 0 saturated heterocycles. The maximum atomic E-state index is 11.9. The van der Waals surface area contributed by atoms with Crippen LogP contribution in [0.25, 0.3) is 0 Å². The van der Waals surface area contributed by atoms with E-state index in [-0.39, 0.29) is 11.9 Å². The molecule has 0 radical (unpaired) electrons. The second-order valence-corrected chi connectivity index (χ2v) is 6.60. The van der Waals surface area contributed by atoms with Crippen molar-refractivity contribution in [2.24, 2.45) is 17.6 Å². The van der Waals surface area contributed by atoms with Crippen molar-refractivity contribution in [3.05, 3.63) is 0 Å². The lowest BCUT2D eigenvalue weighted by atomic mass is 9.84. The Labute approximate surface area is 123 Å². The fourth-order valence-corrected chi connectivity index (χ4v) is 3.72. The molecule has 0 spiro atoms. The van der Waals surface area contributed by atoms with Crippen LogP contribution >= 0.6 is 0 Å². The summed E-state index contributed by atoms with van der Waals surface area (Å²) in [5, 5.41) is 0. The number of nitrogens with zero attached hydrogens (tertiary/aromatic N) is 1. The molecule has 0 aromatic carbocycles. The first-order valence-corrected chi connectivity index (χ1v) is 8.19. The number of carbonyl (C=O) groups is 1. The number of nitrogens with two attached hydrogens (primary N) is 1. The second-order valence-electron chi connectivity index (χ2n) is 6.60. The molecule has 2 aliphatic rings. The number of methoxy groups -OCH3 is 1. The van der Waals surface area contributed by atoms with E-state index in [4.69, 9.17) is 10.5 Å². The minimum absolute atomic E-state index is 0.220. The maximum Gasteiger partial charge on any atom is 0.326 e. The first kappa shape index (κ1) is 15.8. The standard InChI is InChI=1S/C16H30N2O2/c1-3-18(12-13-6-4-7-13)11-9-14-8-5-10-16(14,17)15(19)20-2/h13-14H,3-12,17H2,1-2H3. The molecule has 4 nitrogen and oxygen atoms in total. The van der Waals surface area contributed by atoms with E-state index >= 15 is 0 Å². The normalized spacial score (nSPS) is 30.5. The Bertz CT molecular complexity index is 330. The van der Waals surface area contributed by atoms with E-state index in [1.807, 2.05) is 0 Å². The first-order chi connectivity index (χ1) is 9.60. The van der Waals surface area contributed by atoms with Gasteiger partial charge in [0.15, 0.2) is 0 Å². The van der Waals surface area contributed by atoms with Crippen LogP contribution in [0.4, 0.5) is 0 Å². The van der Waals surface area contributed by atoms with E-state index in [9.17, 15) is 4.79 Å². The average molecular weight is 282 g/mol. The van der Waals surface area contributed by atoms with Crippen molar-refractivity contribution in [2.45, 2.75) is 57.4 Å². The zero-order valence-corrected chi connectivity index (χ0v) is 13.1. The van der Waals surface area contributed by atoms with Gasteiger partial charge < -0.3 is 15.4 Å². The van der Waals surface area contributed by atoms with Gasteiger partial charge in [-0.3, -0.25) is 4.79 Å². The lowest BCUT2D eigenvalue weighted by molar-refractivity contribution is -0.148. The van der Waals surface area contributed by atoms with E-state index < -0.39 is 5.54 Å². The topological polar surface area (TPSA) is 55.6 Å². The summed E-state index contributed by atoms with van der Waals surface area (Å²) in [7, 11) is 1.45. The Morgan fingerprint density at radius 1 is 1.35 bits per heavy atom. The third kappa shape index (κ3) is 3.34. The van der Waals surface area contributed by atoms with Crippen LogP contribution in [0.15, 0.2) is 0 Å². The fourth-order valence-electron chi connectivity index (χ4n) is 3.72. The minimum Gasteiger partial charge on any atom is -0.468 e. The quantitative estimate of drug-likeness (QED) is 0.727. The van der Waals surface area contributed by atoms with E-state index in [0.717, 1.165) is 44.7 Å². The summed E-state index contributed by atoms with van der Waals surface area (Å²) in [6.07, 6.45) is 8.09. The molecule has 2 fully saturated rings. The van der Waals surface area contributed by atoms with Gasteiger partial charge in [-0.2, -0.15) is 0 Å². The molecule has 116 valence electrons. The summed E-state index contributed by atoms with van der Waals surface area (Å²) in [6.45, 7) is 5.61. The summed E-state index contributed by atoms with van der Waals surface area (Å²) < 4.78 is 4.91. The van der Waals surface area contributed by atoms with Crippen LogP contribution in [-0.4, -0.2) is 43.2 Å². The Kier molecular flexibility index (Phi) is 5.44. The van der Waals surface area contributed by atoms with Crippen molar-refractivity contribution in [1.82, 2.24) is 4.90 Å². The molecule has 0 aromatic heterocycles. The van der Waals surface area contributed by atoms with Gasteiger partial charge in [-0.05, 0) is 57.0 Å². The molecule has 0 amide bonds.